The van der Waals surface area contributed by atoms with Gasteiger partial charge in [-0.3, -0.25) is 0 Å². The molecule has 0 aromatic heterocycles. The van der Waals surface area contributed by atoms with Gasteiger partial charge >= 0.3 is 6.09 Å². The van der Waals surface area contributed by atoms with Gasteiger partial charge in [-0.05, 0) is 38.3 Å². The number of hydrogen-bond donors (Lipinski definition) is 2. The fourth-order valence-electron chi connectivity index (χ4n) is 2.25. The molecule has 1 aliphatic carbocycles. The zero-order valence-corrected chi connectivity index (χ0v) is 11.1. The number of ether oxygens (including phenoxy) is 1. The molecule has 1 aromatic rings. The van der Waals surface area contributed by atoms with Crippen molar-refractivity contribution in [1.82, 2.24) is 5.32 Å². The number of carbonyl (C=O) groups is 1. The van der Waals surface area contributed by atoms with Gasteiger partial charge in [0.15, 0.2) is 0 Å². The van der Waals surface area contributed by atoms with Crippen molar-refractivity contribution in [2.45, 2.75) is 44.9 Å². The summed E-state index contributed by atoms with van der Waals surface area (Å²) in [6.45, 7) is 5.53. The first-order valence-corrected chi connectivity index (χ1v) is 6.20. The lowest BCUT2D eigenvalue weighted by Crippen LogP contribution is -2.41. The number of alkyl carbamates (subject to hydrolysis) is 1. The number of fused-ring (bicyclic) bond motifs is 1. The predicted octanol–water partition coefficient (Wildman–Crippen LogP) is 2.14. The van der Waals surface area contributed by atoms with E-state index in [-0.39, 0.29) is 12.1 Å². The van der Waals surface area contributed by atoms with Gasteiger partial charge in [0.1, 0.15) is 5.60 Å². The Balaban J connectivity index is 2.08. The summed E-state index contributed by atoms with van der Waals surface area (Å²) in [5, 5.41) is 2.86. The molecule has 0 spiro atoms. The van der Waals surface area contributed by atoms with Gasteiger partial charge < -0.3 is 15.8 Å². The van der Waals surface area contributed by atoms with Gasteiger partial charge in [0.25, 0.3) is 0 Å². The summed E-state index contributed by atoms with van der Waals surface area (Å²) in [5.74, 6) is 0. The van der Waals surface area contributed by atoms with E-state index in [0.717, 1.165) is 12.0 Å². The van der Waals surface area contributed by atoms with Crippen LogP contribution in [0.1, 0.15) is 37.9 Å². The van der Waals surface area contributed by atoms with Crippen molar-refractivity contribution in [3.05, 3.63) is 35.4 Å². The first-order valence-electron chi connectivity index (χ1n) is 6.20. The van der Waals surface area contributed by atoms with Crippen molar-refractivity contribution in [3.63, 3.8) is 0 Å². The van der Waals surface area contributed by atoms with E-state index >= 15 is 0 Å². The molecule has 0 unspecified atom stereocenters. The van der Waals surface area contributed by atoms with E-state index in [1.807, 2.05) is 45.0 Å². The second-order valence-corrected chi connectivity index (χ2v) is 5.69. The van der Waals surface area contributed by atoms with Crippen molar-refractivity contribution in [2.24, 2.45) is 5.73 Å². The van der Waals surface area contributed by atoms with Crippen molar-refractivity contribution in [2.75, 3.05) is 0 Å². The zero-order chi connectivity index (χ0) is 13.3. The summed E-state index contributed by atoms with van der Waals surface area (Å²) in [5.41, 5.74) is 7.87. The van der Waals surface area contributed by atoms with E-state index < -0.39 is 11.7 Å². The Labute approximate surface area is 108 Å². The molecule has 4 heteroatoms. The quantitative estimate of drug-likeness (QED) is 0.800. The third kappa shape index (κ3) is 2.82. The van der Waals surface area contributed by atoms with Crippen LogP contribution in [0, 0.1) is 0 Å². The molecule has 4 nitrogen and oxygen atoms in total. The highest BCUT2D eigenvalue weighted by Gasteiger charge is 2.31. The maximum absolute atomic E-state index is 11.8. The van der Waals surface area contributed by atoms with Crippen LogP contribution in [0.3, 0.4) is 0 Å². The lowest BCUT2D eigenvalue weighted by atomic mass is 10.1. The molecule has 0 saturated heterocycles. The van der Waals surface area contributed by atoms with E-state index in [1.54, 1.807) is 0 Å². The number of carbonyl (C=O) groups excluding carboxylic acids is 1. The third-order valence-electron chi connectivity index (χ3n) is 2.95. The monoisotopic (exact) mass is 248 g/mol. The number of nitrogens with one attached hydrogen (secondary N) is 1. The molecule has 0 fully saturated rings. The summed E-state index contributed by atoms with van der Waals surface area (Å²) in [7, 11) is 0. The maximum Gasteiger partial charge on any atom is 0.408 e. The van der Waals surface area contributed by atoms with Gasteiger partial charge in [-0.1, -0.05) is 24.3 Å². The molecule has 1 amide bonds. The second-order valence-electron chi connectivity index (χ2n) is 5.69. The minimum absolute atomic E-state index is 0.0880. The van der Waals surface area contributed by atoms with E-state index in [2.05, 4.69) is 5.32 Å². The molecule has 0 radical (unpaired) electrons. The number of benzene rings is 1. The Hall–Kier alpha value is -1.55. The molecule has 2 rings (SSSR count). The number of amides is 1. The first kappa shape index (κ1) is 12.9. The van der Waals surface area contributed by atoms with Gasteiger partial charge in [-0.2, -0.15) is 0 Å². The van der Waals surface area contributed by atoms with E-state index in [0.29, 0.717) is 0 Å². The van der Waals surface area contributed by atoms with Gasteiger partial charge in [0.05, 0.1) is 6.04 Å². The van der Waals surface area contributed by atoms with Crippen LogP contribution < -0.4 is 11.1 Å². The summed E-state index contributed by atoms with van der Waals surface area (Å²) in [6, 6.07) is 7.75. The predicted molar refractivity (Wildman–Crippen MR) is 70.2 cm³/mol. The molecule has 3 N–H and O–H groups in total. The number of hydrogen-bond acceptors (Lipinski definition) is 3. The van der Waals surface area contributed by atoms with Crippen molar-refractivity contribution < 1.29 is 9.53 Å². The normalized spacial score (nSPS) is 22.4. The molecule has 0 bridgehead atoms. The zero-order valence-electron chi connectivity index (χ0n) is 11.1. The van der Waals surface area contributed by atoms with Gasteiger partial charge in [0.2, 0.25) is 0 Å². The molecule has 2 atom stereocenters. The Kier molecular flexibility index (Phi) is 3.30. The lowest BCUT2D eigenvalue weighted by molar-refractivity contribution is 0.0499. The van der Waals surface area contributed by atoms with E-state index in [1.165, 1.54) is 5.56 Å². The fourth-order valence-corrected chi connectivity index (χ4v) is 2.25. The van der Waals surface area contributed by atoms with Crippen LogP contribution in [0.2, 0.25) is 0 Å². The van der Waals surface area contributed by atoms with Crippen molar-refractivity contribution in [1.29, 1.82) is 0 Å². The topological polar surface area (TPSA) is 64.3 Å². The molecule has 98 valence electrons. The molecule has 1 aromatic carbocycles. The average Bonchev–Trinajstić information content (AvgIpc) is 2.53. The summed E-state index contributed by atoms with van der Waals surface area (Å²) >= 11 is 0. The first-order chi connectivity index (χ1) is 8.37. The molecular weight excluding hydrogens is 228 g/mol. The SMILES string of the molecule is CC(C)(C)OC(=O)N[C@H]1c2ccccc2C[C@@H]1N. The fraction of sp³-hybridized carbons (Fsp3) is 0.500. The van der Waals surface area contributed by atoms with Crippen LogP contribution in [-0.2, 0) is 11.2 Å². The van der Waals surface area contributed by atoms with Gasteiger partial charge in [-0.25, -0.2) is 4.79 Å². The Bertz CT molecular complexity index is 451. The molecule has 0 saturated carbocycles. The summed E-state index contributed by atoms with van der Waals surface area (Å²) in [4.78, 5) is 11.8. The van der Waals surface area contributed by atoms with Crippen LogP contribution in [0.15, 0.2) is 24.3 Å². The minimum Gasteiger partial charge on any atom is -0.444 e. The summed E-state index contributed by atoms with van der Waals surface area (Å²) in [6.07, 6.45) is 0.371. The average molecular weight is 248 g/mol. The Morgan fingerprint density at radius 3 is 2.72 bits per heavy atom. The highest BCUT2D eigenvalue weighted by atomic mass is 16.6. The van der Waals surface area contributed by atoms with Crippen LogP contribution in [0.4, 0.5) is 4.79 Å². The highest BCUT2D eigenvalue weighted by Crippen LogP contribution is 2.30. The third-order valence-corrected chi connectivity index (χ3v) is 2.95. The second kappa shape index (κ2) is 4.61. The van der Waals surface area contributed by atoms with Crippen molar-refractivity contribution in [3.8, 4) is 0 Å². The lowest BCUT2D eigenvalue weighted by Gasteiger charge is -2.23. The standard InChI is InChI=1S/C14H20N2O2/c1-14(2,3)18-13(17)16-12-10-7-5-4-6-9(10)8-11(12)15/h4-7,11-12H,8,15H2,1-3H3,(H,16,17)/t11-,12-/m0/s1. The highest BCUT2D eigenvalue weighted by molar-refractivity contribution is 5.69. The van der Waals surface area contributed by atoms with E-state index in [4.69, 9.17) is 10.5 Å². The van der Waals surface area contributed by atoms with Crippen molar-refractivity contribution >= 4 is 6.09 Å². The number of nitrogens with two attached hydrogens (primary N) is 1. The minimum atomic E-state index is -0.494. The molecule has 0 aliphatic heterocycles. The van der Waals surface area contributed by atoms with Crippen LogP contribution >= 0.6 is 0 Å². The van der Waals surface area contributed by atoms with E-state index in [9.17, 15) is 4.79 Å². The molecular formula is C14H20N2O2. The molecule has 1 aliphatic rings. The molecule has 0 heterocycles. The smallest absolute Gasteiger partial charge is 0.408 e. The Morgan fingerprint density at radius 2 is 2.06 bits per heavy atom. The Morgan fingerprint density at radius 1 is 1.39 bits per heavy atom. The van der Waals surface area contributed by atoms with Crippen LogP contribution in [-0.4, -0.2) is 17.7 Å². The maximum atomic E-state index is 11.8. The largest absolute Gasteiger partial charge is 0.444 e. The van der Waals surface area contributed by atoms with Gasteiger partial charge in [0, 0.05) is 6.04 Å². The summed E-state index contributed by atoms with van der Waals surface area (Å²) < 4.78 is 5.26. The number of rotatable bonds is 1. The molecule has 18 heavy (non-hydrogen) atoms. The van der Waals surface area contributed by atoms with Crippen LogP contribution in [0.25, 0.3) is 0 Å². The van der Waals surface area contributed by atoms with Gasteiger partial charge in [-0.15, -0.1) is 0 Å². The van der Waals surface area contributed by atoms with Crippen LogP contribution in [0.5, 0.6) is 0 Å².